The second-order valence-electron chi connectivity index (χ2n) is 6.50. The fraction of sp³-hybridized carbons (Fsp3) is 0.200. The molecule has 0 aliphatic carbocycles. The SMILES string of the molecule is Cc1cc(C)n(-c2ccc(Cl)c(C(=O)OC(C)C(=O)Nc3cc(Cl)ccc3Cl)n2)n1. The number of pyridine rings is 1. The predicted molar refractivity (Wildman–Crippen MR) is 116 cm³/mol. The van der Waals surface area contributed by atoms with Crippen LogP contribution in [0, 0.1) is 13.8 Å². The van der Waals surface area contributed by atoms with Gasteiger partial charge in [0.1, 0.15) is 0 Å². The molecule has 0 saturated heterocycles. The summed E-state index contributed by atoms with van der Waals surface area (Å²) in [6, 6.07) is 9.66. The molecule has 7 nitrogen and oxygen atoms in total. The molecule has 1 N–H and O–H groups in total. The van der Waals surface area contributed by atoms with Crippen molar-refractivity contribution in [3.63, 3.8) is 0 Å². The molecule has 10 heteroatoms. The second-order valence-corrected chi connectivity index (χ2v) is 7.75. The van der Waals surface area contributed by atoms with E-state index in [1.165, 1.54) is 19.1 Å². The van der Waals surface area contributed by atoms with Gasteiger partial charge in [-0.05, 0) is 57.2 Å². The first kappa shape index (κ1) is 22.1. The maximum Gasteiger partial charge on any atom is 0.359 e. The molecule has 1 amide bonds. The van der Waals surface area contributed by atoms with Crippen molar-refractivity contribution in [2.24, 2.45) is 0 Å². The van der Waals surface area contributed by atoms with Crippen LogP contribution in [0.4, 0.5) is 5.69 Å². The number of esters is 1. The second kappa shape index (κ2) is 9.04. The summed E-state index contributed by atoms with van der Waals surface area (Å²) in [7, 11) is 0. The van der Waals surface area contributed by atoms with Crippen LogP contribution in [0.25, 0.3) is 5.82 Å². The minimum atomic E-state index is -1.14. The third kappa shape index (κ3) is 4.92. The zero-order valence-corrected chi connectivity index (χ0v) is 18.5. The normalized spacial score (nSPS) is 11.8. The van der Waals surface area contributed by atoms with Crippen LogP contribution in [0.1, 0.15) is 28.8 Å². The van der Waals surface area contributed by atoms with Gasteiger partial charge in [-0.3, -0.25) is 4.79 Å². The summed E-state index contributed by atoms with van der Waals surface area (Å²) in [6.07, 6.45) is -1.14. The monoisotopic (exact) mass is 466 g/mol. The zero-order chi connectivity index (χ0) is 22.0. The molecule has 3 aromatic rings. The third-order valence-corrected chi connectivity index (χ3v) is 4.96. The van der Waals surface area contributed by atoms with Crippen LogP contribution in [-0.2, 0) is 9.53 Å². The minimum Gasteiger partial charge on any atom is -0.448 e. The molecule has 0 saturated carbocycles. The van der Waals surface area contributed by atoms with Gasteiger partial charge in [0.25, 0.3) is 5.91 Å². The van der Waals surface area contributed by atoms with Gasteiger partial charge in [0.05, 0.1) is 21.4 Å². The maximum absolute atomic E-state index is 12.6. The van der Waals surface area contributed by atoms with E-state index in [1.807, 2.05) is 19.9 Å². The number of aromatic nitrogens is 3. The lowest BCUT2D eigenvalue weighted by molar-refractivity contribution is -0.123. The van der Waals surface area contributed by atoms with Gasteiger partial charge in [-0.15, -0.1) is 0 Å². The molecule has 2 heterocycles. The van der Waals surface area contributed by atoms with Crippen molar-refractivity contribution in [1.29, 1.82) is 0 Å². The highest BCUT2D eigenvalue weighted by Gasteiger charge is 2.23. The van der Waals surface area contributed by atoms with Crippen molar-refractivity contribution in [2.45, 2.75) is 26.9 Å². The molecular weight excluding hydrogens is 451 g/mol. The summed E-state index contributed by atoms with van der Waals surface area (Å²) >= 11 is 18.1. The van der Waals surface area contributed by atoms with E-state index < -0.39 is 18.0 Å². The molecule has 1 aromatic carbocycles. The molecule has 0 radical (unpaired) electrons. The lowest BCUT2D eigenvalue weighted by Crippen LogP contribution is -2.30. The Morgan fingerprint density at radius 1 is 1.07 bits per heavy atom. The number of benzene rings is 1. The molecule has 3 rings (SSSR count). The molecule has 1 atom stereocenters. The molecule has 30 heavy (non-hydrogen) atoms. The standard InChI is InChI=1S/C20H17Cl3N4O3/c1-10-8-11(2)27(26-10)17-7-6-15(23)18(25-17)20(29)30-12(3)19(28)24-16-9-13(21)4-5-14(16)22/h4-9,12H,1-3H3,(H,24,28). The van der Waals surface area contributed by atoms with E-state index in [0.29, 0.717) is 21.6 Å². The molecule has 156 valence electrons. The first-order valence-electron chi connectivity index (χ1n) is 8.83. The van der Waals surface area contributed by atoms with Crippen LogP contribution in [0.15, 0.2) is 36.4 Å². The van der Waals surface area contributed by atoms with Crippen LogP contribution in [0.3, 0.4) is 0 Å². The van der Waals surface area contributed by atoms with Gasteiger partial charge < -0.3 is 10.1 Å². The maximum atomic E-state index is 12.6. The highest BCUT2D eigenvalue weighted by molar-refractivity contribution is 6.35. The summed E-state index contributed by atoms with van der Waals surface area (Å²) in [5.74, 6) is -1.03. The van der Waals surface area contributed by atoms with Gasteiger partial charge in [-0.2, -0.15) is 5.10 Å². The van der Waals surface area contributed by atoms with Gasteiger partial charge in [-0.25, -0.2) is 14.5 Å². The first-order chi connectivity index (χ1) is 14.2. The Kier molecular flexibility index (Phi) is 6.65. The Bertz CT molecular complexity index is 1130. The van der Waals surface area contributed by atoms with Gasteiger partial charge in [0, 0.05) is 10.7 Å². The number of nitrogens with one attached hydrogen (secondary N) is 1. The van der Waals surface area contributed by atoms with E-state index in [1.54, 1.807) is 22.9 Å². The molecule has 0 aliphatic rings. The lowest BCUT2D eigenvalue weighted by Gasteiger charge is -2.15. The van der Waals surface area contributed by atoms with Crippen LogP contribution < -0.4 is 5.32 Å². The number of hydrogen-bond donors (Lipinski definition) is 1. The van der Waals surface area contributed by atoms with Crippen LogP contribution in [0.2, 0.25) is 15.1 Å². The van der Waals surface area contributed by atoms with Crippen molar-refractivity contribution in [3.8, 4) is 5.82 Å². The number of anilines is 1. The van der Waals surface area contributed by atoms with E-state index in [0.717, 1.165) is 11.4 Å². The van der Waals surface area contributed by atoms with Crippen molar-refractivity contribution < 1.29 is 14.3 Å². The van der Waals surface area contributed by atoms with E-state index in [2.05, 4.69) is 15.4 Å². The van der Waals surface area contributed by atoms with Crippen LogP contribution in [0.5, 0.6) is 0 Å². The highest BCUT2D eigenvalue weighted by Crippen LogP contribution is 2.26. The van der Waals surface area contributed by atoms with Crippen molar-refractivity contribution in [2.75, 3.05) is 5.32 Å². The molecular formula is C20H17Cl3N4O3. The molecule has 0 spiro atoms. The lowest BCUT2D eigenvalue weighted by atomic mass is 10.3. The summed E-state index contributed by atoms with van der Waals surface area (Å²) in [6.45, 7) is 5.13. The summed E-state index contributed by atoms with van der Waals surface area (Å²) in [4.78, 5) is 29.3. The minimum absolute atomic E-state index is 0.0933. The average molecular weight is 468 g/mol. The van der Waals surface area contributed by atoms with Gasteiger partial charge in [-0.1, -0.05) is 34.8 Å². The fourth-order valence-corrected chi connectivity index (χ4v) is 3.17. The zero-order valence-electron chi connectivity index (χ0n) is 16.2. The fourth-order valence-electron chi connectivity index (χ4n) is 2.65. The molecule has 0 bridgehead atoms. The number of aryl methyl sites for hydroxylation is 2. The van der Waals surface area contributed by atoms with Crippen LogP contribution in [-0.4, -0.2) is 32.7 Å². The smallest absolute Gasteiger partial charge is 0.359 e. The van der Waals surface area contributed by atoms with Crippen molar-refractivity contribution in [1.82, 2.24) is 14.8 Å². The molecule has 0 fully saturated rings. The highest BCUT2D eigenvalue weighted by atomic mass is 35.5. The number of rotatable bonds is 5. The Labute approximate surface area is 187 Å². The number of halogens is 3. The van der Waals surface area contributed by atoms with Gasteiger partial charge in [0.15, 0.2) is 17.6 Å². The molecule has 1 unspecified atom stereocenters. The summed E-state index contributed by atoms with van der Waals surface area (Å²) in [5.41, 5.74) is 1.83. The third-order valence-electron chi connectivity index (χ3n) is 4.09. The number of amides is 1. The quantitative estimate of drug-likeness (QED) is 0.532. The van der Waals surface area contributed by atoms with Crippen molar-refractivity contribution in [3.05, 3.63) is 68.5 Å². The largest absolute Gasteiger partial charge is 0.448 e. The number of ether oxygens (including phenoxy) is 1. The van der Waals surface area contributed by atoms with E-state index in [-0.39, 0.29) is 10.7 Å². The predicted octanol–water partition coefficient (Wildman–Crippen LogP) is 5.03. The average Bonchev–Trinajstić information content (AvgIpc) is 3.03. The van der Waals surface area contributed by atoms with Crippen LogP contribution >= 0.6 is 34.8 Å². The van der Waals surface area contributed by atoms with E-state index >= 15 is 0 Å². The Balaban J connectivity index is 1.76. The molecule has 0 aliphatic heterocycles. The van der Waals surface area contributed by atoms with E-state index in [9.17, 15) is 9.59 Å². The Morgan fingerprint density at radius 2 is 1.77 bits per heavy atom. The number of nitrogens with zero attached hydrogens (tertiary/aromatic N) is 3. The summed E-state index contributed by atoms with van der Waals surface area (Å²) < 4.78 is 6.83. The molecule has 2 aromatic heterocycles. The first-order valence-corrected chi connectivity index (χ1v) is 9.96. The van der Waals surface area contributed by atoms with Gasteiger partial charge in [0.2, 0.25) is 0 Å². The number of hydrogen-bond acceptors (Lipinski definition) is 5. The van der Waals surface area contributed by atoms with Gasteiger partial charge >= 0.3 is 5.97 Å². The number of carbonyl (C=O) groups excluding carboxylic acids is 2. The van der Waals surface area contributed by atoms with Crippen molar-refractivity contribution >= 4 is 52.4 Å². The van der Waals surface area contributed by atoms with E-state index in [4.69, 9.17) is 39.5 Å². The Hall–Kier alpha value is -2.61. The Morgan fingerprint density at radius 3 is 2.43 bits per heavy atom. The summed E-state index contributed by atoms with van der Waals surface area (Å²) in [5, 5.41) is 7.70. The topological polar surface area (TPSA) is 86.1 Å². The number of carbonyl (C=O) groups is 2.